The molecule has 0 saturated heterocycles. The Balaban J connectivity index is 1.78. The van der Waals surface area contributed by atoms with Gasteiger partial charge in [-0.1, -0.05) is 13.0 Å². The quantitative estimate of drug-likeness (QED) is 0.474. The molecule has 0 unspecified atom stereocenters. The molecule has 1 aliphatic rings. The number of nitrogens with one attached hydrogen (secondary N) is 3. The van der Waals surface area contributed by atoms with Gasteiger partial charge in [0.15, 0.2) is 5.65 Å². The number of carbonyl (C=O) groups excluding carboxylic acids is 1. The van der Waals surface area contributed by atoms with Gasteiger partial charge in [-0.2, -0.15) is 5.10 Å². The lowest BCUT2D eigenvalue weighted by Gasteiger charge is -2.41. The number of rotatable bonds is 6. The Morgan fingerprint density at radius 1 is 1.22 bits per heavy atom. The number of carbonyl (C=O) groups is 1. The van der Waals surface area contributed by atoms with Gasteiger partial charge in [0.05, 0.1) is 22.8 Å². The molecule has 0 aromatic carbocycles. The minimum atomic E-state index is -0.248. The van der Waals surface area contributed by atoms with E-state index in [0.717, 1.165) is 28.9 Å². The first-order chi connectivity index (χ1) is 16.8. The molecule has 8 heteroatoms. The van der Waals surface area contributed by atoms with Gasteiger partial charge >= 0.3 is 0 Å². The van der Waals surface area contributed by atoms with Gasteiger partial charge in [0.25, 0.3) is 11.5 Å². The van der Waals surface area contributed by atoms with Gasteiger partial charge in [-0.15, -0.1) is 0 Å². The van der Waals surface area contributed by atoms with Crippen molar-refractivity contribution in [1.29, 1.82) is 0 Å². The van der Waals surface area contributed by atoms with Crippen LogP contribution in [0, 0.1) is 6.92 Å². The summed E-state index contributed by atoms with van der Waals surface area (Å²) in [4.78, 5) is 34.0. The number of H-pyrrole nitrogens is 1. The number of hydrogen-bond donors (Lipinski definition) is 3. The minimum absolute atomic E-state index is 0.0919. The van der Waals surface area contributed by atoms with E-state index in [1.54, 1.807) is 6.20 Å². The molecule has 0 saturated carbocycles. The minimum Gasteiger partial charge on any atom is -0.348 e. The molecule has 1 amide bonds. The van der Waals surface area contributed by atoms with Crippen LogP contribution in [-0.2, 0) is 13.0 Å². The lowest BCUT2D eigenvalue weighted by molar-refractivity contribution is 0.0952. The van der Waals surface area contributed by atoms with Gasteiger partial charge in [-0.25, -0.2) is 9.67 Å². The average Bonchev–Trinajstić information content (AvgIpc) is 3.19. The maximum absolute atomic E-state index is 13.6. The van der Waals surface area contributed by atoms with E-state index in [9.17, 15) is 9.59 Å². The molecule has 4 rings (SSSR count). The molecule has 0 radical (unpaired) electrons. The maximum Gasteiger partial charge on any atom is 0.253 e. The second-order valence-corrected chi connectivity index (χ2v) is 11.4. The van der Waals surface area contributed by atoms with Crippen molar-refractivity contribution in [2.75, 3.05) is 0 Å². The number of aromatic amines is 1. The monoisotopic (exact) mass is 490 g/mol. The Morgan fingerprint density at radius 3 is 2.58 bits per heavy atom. The summed E-state index contributed by atoms with van der Waals surface area (Å²) in [6.07, 6.45) is 5.41. The van der Waals surface area contributed by atoms with Gasteiger partial charge in [0, 0.05) is 34.9 Å². The highest BCUT2D eigenvalue weighted by atomic mass is 16.1. The summed E-state index contributed by atoms with van der Waals surface area (Å²) in [5.41, 5.74) is 4.92. The fraction of sp³-hybridized carbons (Fsp3) is 0.500. The third kappa shape index (κ3) is 5.14. The zero-order chi connectivity index (χ0) is 26.4. The predicted octanol–water partition coefficient (Wildman–Crippen LogP) is 4.44. The van der Waals surface area contributed by atoms with Crippen molar-refractivity contribution in [2.45, 2.75) is 91.9 Å². The Kier molecular flexibility index (Phi) is 6.68. The van der Waals surface area contributed by atoms with Crippen LogP contribution in [0.1, 0.15) is 93.8 Å². The number of pyridine rings is 2. The maximum atomic E-state index is 13.6. The van der Waals surface area contributed by atoms with E-state index in [0.29, 0.717) is 28.6 Å². The second kappa shape index (κ2) is 9.32. The third-order valence-corrected chi connectivity index (χ3v) is 6.63. The second-order valence-electron chi connectivity index (χ2n) is 11.4. The highest BCUT2D eigenvalue weighted by molar-refractivity contribution is 6.06. The molecule has 36 heavy (non-hydrogen) atoms. The lowest BCUT2D eigenvalue weighted by Crippen LogP contribution is -2.53. The molecule has 3 N–H and O–H groups in total. The van der Waals surface area contributed by atoms with E-state index >= 15 is 0 Å². The smallest absolute Gasteiger partial charge is 0.253 e. The molecular weight excluding hydrogens is 452 g/mol. The molecule has 4 heterocycles. The Labute approximate surface area is 212 Å². The summed E-state index contributed by atoms with van der Waals surface area (Å²) >= 11 is 0. The Morgan fingerprint density at radius 2 is 1.94 bits per heavy atom. The molecule has 1 aliphatic heterocycles. The Hall–Kier alpha value is -3.26. The number of nitrogens with zero attached hydrogens (tertiary/aromatic N) is 3. The first-order valence-corrected chi connectivity index (χ1v) is 12.7. The lowest BCUT2D eigenvalue weighted by atomic mass is 9.82. The molecule has 0 atom stereocenters. The third-order valence-electron chi connectivity index (χ3n) is 6.63. The van der Waals surface area contributed by atoms with E-state index in [1.807, 2.05) is 44.5 Å². The number of aromatic nitrogens is 4. The molecule has 0 fully saturated rings. The van der Waals surface area contributed by atoms with E-state index < -0.39 is 0 Å². The largest absolute Gasteiger partial charge is 0.348 e. The molecule has 0 bridgehead atoms. The van der Waals surface area contributed by atoms with Gasteiger partial charge in [0.1, 0.15) is 0 Å². The normalized spacial score (nSPS) is 16.9. The van der Waals surface area contributed by atoms with E-state index in [4.69, 9.17) is 4.98 Å². The predicted molar refractivity (Wildman–Crippen MR) is 144 cm³/mol. The molecule has 3 aromatic heterocycles. The summed E-state index contributed by atoms with van der Waals surface area (Å²) in [6, 6.07) is 3.92. The molecule has 0 aliphatic carbocycles. The first kappa shape index (κ1) is 25.8. The van der Waals surface area contributed by atoms with E-state index in [1.165, 1.54) is 0 Å². The fourth-order valence-corrected chi connectivity index (χ4v) is 5.39. The molecular formula is C28H38N6O2. The van der Waals surface area contributed by atoms with Crippen molar-refractivity contribution < 1.29 is 4.79 Å². The summed E-state index contributed by atoms with van der Waals surface area (Å²) in [7, 11) is 0. The summed E-state index contributed by atoms with van der Waals surface area (Å²) in [5.74, 6) is -0.248. The SMILES string of the molecule is CCc1cc(C)[nH]c(=O)c1CNC(=O)c1cc(C2=CC(C)(C)NC(C)(C)C2)nc2c1cnn2C(C)C. The van der Waals surface area contributed by atoms with E-state index in [2.05, 4.69) is 54.5 Å². The Bertz CT molecular complexity index is 1410. The first-order valence-electron chi connectivity index (χ1n) is 12.7. The molecule has 192 valence electrons. The van der Waals surface area contributed by atoms with Crippen molar-refractivity contribution in [3.63, 3.8) is 0 Å². The van der Waals surface area contributed by atoms with Crippen molar-refractivity contribution >= 4 is 22.5 Å². The highest BCUT2D eigenvalue weighted by Crippen LogP contribution is 2.34. The van der Waals surface area contributed by atoms with Crippen molar-refractivity contribution in [1.82, 2.24) is 30.4 Å². The average molecular weight is 491 g/mol. The van der Waals surface area contributed by atoms with Crippen molar-refractivity contribution in [3.8, 4) is 0 Å². The van der Waals surface area contributed by atoms with E-state index in [-0.39, 0.29) is 35.1 Å². The zero-order valence-electron chi connectivity index (χ0n) is 22.7. The molecule has 0 spiro atoms. The molecule has 3 aromatic rings. The van der Waals surface area contributed by atoms with Crippen LogP contribution in [0.5, 0.6) is 0 Å². The number of amides is 1. The van der Waals surface area contributed by atoms with Crippen LogP contribution in [0.15, 0.2) is 29.2 Å². The van der Waals surface area contributed by atoms with Gasteiger partial charge in [0.2, 0.25) is 0 Å². The van der Waals surface area contributed by atoms with Crippen LogP contribution >= 0.6 is 0 Å². The van der Waals surface area contributed by atoms with Crippen LogP contribution < -0.4 is 16.2 Å². The summed E-state index contributed by atoms with van der Waals surface area (Å²) in [6.45, 7) is 16.8. The summed E-state index contributed by atoms with van der Waals surface area (Å²) in [5, 5.41) is 11.9. The molecule has 8 nitrogen and oxygen atoms in total. The standard InChI is InChI=1S/C28H38N6O2/c1-9-18-10-17(4)31-26(36)21(18)14-29-25(35)20-11-23(19-12-27(5,6)33-28(7,8)13-19)32-24-22(20)15-30-34(24)16(2)3/h10-12,15-16,33H,9,13-14H2,1-8H3,(H,29,35)(H,31,36). The van der Waals surface area contributed by atoms with Gasteiger partial charge in [-0.3, -0.25) is 9.59 Å². The number of hydrogen-bond acceptors (Lipinski definition) is 5. The van der Waals surface area contributed by atoms with Crippen LogP contribution in [0.2, 0.25) is 0 Å². The van der Waals surface area contributed by atoms with Gasteiger partial charge in [-0.05, 0) is 84.6 Å². The number of fused-ring (bicyclic) bond motifs is 1. The van der Waals surface area contributed by atoms with Crippen LogP contribution in [0.25, 0.3) is 16.6 Å². The fourth-order valence-electron chi connectivity index (χ4n) is 5.39. The van der Waals surface area contributed by atoms with Crippen LogP contribution in [-0.4, -0.2) is 36.7 Å². The number of aryl methyl sites for hydroxylation is 2. The topological polar surface area (TPSA) is 105 Å². The summed E-state index contributed by atoms with van der Waals surface area (Å²) < 4.78 is 1.85. The van der Waals surface area contributed by atoms with Crippen LogP contribution in [0.3, 0.4) is 0 Å². The highest BCUT2D eigenvalue weighted by Gasteiger charge is 2.33. The zero-order valence-corrected chi connectivity index (χ0v) is 22.7. The van der Waals surface area contributed by atoms with Crippen molar-refractivity contribution in [3.05, 3.63) is 62.8 Å². The van der Waals surface area contributed by atoms with Crippen molar-refractivity contribution in [2.24, 2.45) is 0 Å². The van der Waals surface area contributed by atoms with Gasteiger partial charge < -0.3 is 15.6 Å². The van der Waals surface area contributed by atoms with Crippen LogP contribution in [0.4, 0.5) is 0 Å².